The average Bonchev–Trinajstić information content (AvgIpc) is 2.57. The second kappa shape index (κ2) is 7.65. The molecule has 0 unspecified atom stereocenters. The number of esters is 1. The molecule has 0 atom stereocenters. The molecule has 0 aliphatic heterocycles. The highest BCUT2D eigenvalue weighted by atomic mass is 35.5. The molecule has 5 nitrogen and oxygen atoms in total. The van der Waals surface area contributed by atoms with Gasteiger partial charge in [0, 0.05) is 10.7 Å². The molecule has 0 aliphatic rings. The van der Waals surface area contributed by atoms with Gasteiger partial charge in [-0.1, -0.05) is 17.7 Å². The molecule has 1 N–H and O–H groups in total. The van der Waals surface area contributed by atoms with Crippen molar-refractivity contribution in [3.63, 3.8) is 0 Å². The van der Waals surface area contributed by atoms with Crippen molar-refractivity contribution in [1.82, 2.24) is 0 Å². The zero-order chi connectivity index (χ0) is 16.8. The molecule has 1 amide bonds. The Morgan fingerprint density at radius 2 is 1.83 bits per heavy atom. The summed E-state index contributed by atoms with van der Waals surface area (Å²) in [6.07, 6.45) is 0. The van der Waals surface area contributed by atoms with E-state index in [9.17, 15) is 9.59 Å². The molecule has 2 aromatic rings. The minimum absolute atomic E-state index is 0.149. The first-order valence-corrected chi connectivity index (χ1v) is 7.25. The maximum absolute atomic E-state index is 11.9. The number of carbonyl (C=O) groups is 2. The minimum Gasteiger partial charge on any atom is -0.484 e. The van der Waals surface area contributed by atoms with Crippen LogP contribution in [0.3, 0.4) is 0 Å². The van der Waals surface area contributed by atoms with Gasteiger partial charge in [-0.15, -0.1) is 0 Å². The summed E-state index contributed by atoms with van der Waals surface area (Å²) in [5, 5.41) is 3.32. The third kappa shape index (κ3) is 4.47. The van der Waals surface area contributed by atoms with Gasteiger partial charge in [0.25, 0.3) is 5.91 Å². The molecule has 0 saturated carbocycles. The average molecular weight is 334 g/mol. The largest absolute Gasteiger partial charge is 0.484 e. The van der Waals surface area contributed by atoms with Crippen molar-refractivity contribution in [2.75, 3.05) is 19.0 Å². The minimum atomic E-state index is -0.425. The van der Waals surface area contributed by atoms with Crippen LogP contribution in [0.5, 0.6) is 5.75 Å². The van der Waals surface area contributed by atoms with E-state index in [1.807, 2.05) is 6.92 Å². The summed E-state index contributed by atoms with van der Waals surface area (Å²) in [7, 11) is 1.31. The Morgan fingerprint density at radius 1 is 1.13 bits per heavy atom. The van der Waals surface area contributed by atoms with Crippen molar-refractivity contribution in [1.29, 1.82) is 0 Å². The van der Waals surface area contributed by atoms with Crippen molar-refractivity contribution in [3.8, 4) is 5.75 Å². The zero-order valence-corrected chi connectivity index (χ0v) is 13.5. The number of ether oxygens (including phenoxy) is 2. The van der Waals surface area contributed by atoms with Crippen LogP contribution in [0.4, 0.5) is 5.69 Å². The lowest BCUT2D eigenvalue weighted by atomic mass is 10.2. The second-order valence-corrected chi connectivity index (χ2v) is 5.17. The van der Waals surface area contributed by atoms with Crippen LogP contribution in [0.15, 0.2) is 42.5 Å². The summed E-state index contributed by atoms with van der Waals surface area (Å²) in [6, 6.07) is 11.6. The third-order valence-corrected chi connectivity index (χ3v) is 3.60. The summed E-state index contributed by atoms with van der Waals surface area (Å²) >= 11 is 6.00. The van der Waals surface area contributed by atoms with Gasteiger partial charge in [0.15, 0.2) is 6.61 Å². The van der Waals surface area contributed by atoms with E-state index in [-0.39, 0.29) is 12.5 Å². The van der Waals surface area contributed by atoms with E-state index in [1.165, 1.54) is 7.11 Å². The Balaban J connectivity index is 1.91. The molecule has 2 rings (SSSR count). The molecular formula is C17H16ClNO4. The predicted octanol–water partition coefficient (Wildman–Crippen LogP) is 3.45. The Bertz CT molecular complexity index is 713. The van der Waals surface area contributed by atoms with Crippen molar-refractivity contribution < 1.29 is 19.1 Å². The van der Waals surface area contributed by atoms with Gasteiger partial charge < -0.3 is 14.8 Å². The van der Waals surface area contributed by atoms with E-state index in [2.05, 4.69) is 10.1 Å². The van der Waals surface area contributed by atoms with Crippen LogP contribution >= 0.6 is 11.6 Å². The highest BCUT2D eigenvalue weighted by Gasteiger charge is 2.08. The van der Waals surface area contributed by atoms with Crippen LogP contribution in [0.1, 0.15) is 15.9 Å². The Hall–Kier alpha value is -2.53. The van der Waals surface area contributed by atoms with Crippen LogP contribution < -0.4 is 10.1 Å². The Kier molecular flexibility index (Phi) is 5.60. The first kappa shape index (κ1) is 16.8. The predicted molar refractivity (Wildman–Crippen MR) is 88.1 cm³/mol. The maximum atomic E-state index is 11.9. The van der Waals surface area contributed by atoms with Crippen molar-refractivity contribution in [2.24, 2.45) is 0 Å². The molecule has 6 heteroatoms. The molecule has 0 heterocycles. The van der Waals surface area contributed by atoms with Crippen LogP contribution in [0, 0.1) is 6.92 Å². The number of anilines is 1. The smallest absolute Gasteiger partial charge is 0.337 e. The van der Waals surface area contributed by atoms with E-state index >= 15 is 0 Å². The van der Waals surface area contributed by atoms with Crippen LogP contribution in [-0.2, 0) is 9.53 Å². The van der Waals surface area contributed by atoms with Gasteiger partial charge in [0.1, 0.15) is 5.75 Å². The van der Waals surface area contributed by atoms with Gasteiger partial charge in [-0.05, 0) is 48.9 Å². The number of benzene rings is 2. The highest BCUT2D eigenvalue weighted by molar-refractivity contribution is 6.31. The summed E-state index contributed by atoms with van der Waals surface area (Å²) < 4.78 is 9.99. The van der Waals surface area contributed by atoms with Crippen LogP contribution in [0.2, 0.25) is 5.02 Å². The molecule has 0 radical (unpaired) electrons. The van der Waals surface area contributed by atoms with E-state index < -0.39 is 5.97 Å². The van der Waals surface area contributed by atoms with E-state index in [0.717, 1.165) is 5.56 Å². The molecule has 0 bridgehead atoms. The number of methoxy groups -OCH3 is 1. The third-order valence-electron chi connectivity index (χ3n) is 3.19. The molecule has 0 saturated heterocycles. The Morgan fingerprint density at radius 3 is 2.48 bits per heavy atom. The fourth-order valence-corrected chi connectivity index (χ4v) is 2.06. The fourth-order valence-electron chi connectivity index (χ4n) is 1.88. The lowest BCUT2D eigenvalue weighted by Gasteiger charge is -2.10. The van der Waals surface area contributed by atoms with Crippen LogP contribution in [-0.4, -0.2) is 25.6 Å². The molecular weight excluding hydrogens is 318 g/mol. The number of carbonyl (C=O) groups excluding carboxylic acids is 2. The molecule has 2 aromatic carbocycles. The van der Waals surface area contributed by atoms with Gasteiger partial charge in [-0.2, -0.15) is 0 Å². The highest BCUT2D eigenvalue weighted by Crippen LogP contribution is 2.22. The molecule has 23 heavy (non-hydrogen) atoms. The number of hydrogen-bond acceptors (Lipinski definition) is 4. The monoisotopic (exact) mass is 333 g/mol. The van der Waals surface area contributed by atoms with E-state index in [4.69, 9.17) is 16.3 Å². The van der Waals surface area contributed by atoms with E-state index in [0.29, 0.717) is 22.0 Å². The van der Waals surface area contributed by atoms with Crippen molar-refractivity contribution in [2.45, 2.75) is 6.92 Å². The van der Waals surface area contributed by atoms with Crippen molar-refractivity contribution >= 4 is 29.2 Å². The number of rotatable bonds is 5. The van der Waals surface area contributed by atoms with Gasteiger partial charge in [0.2, 0.25) is 0 Å². The number of halogens is 1. The first-order valence-electron chi connectivity index (χ1n) is 6.87. The van der Waals surface area contributed by atoms with Crippen molar-refractivity contribution in [3.05, 3.63) is 58.6 Å². The first-order chi connectivity index (χ1) is 11.0. The summed E-state index contributed by atoms with van der Waals surface area (Å²) in [4.78, 5) is 23.2. The normalized spacial score (nSPS) is 10.0. The number of nitrogens with one attached hydrogen (secondary N) is 1. The fraction of sp³-hybridized carbons (Fsp3) is 0.176. The molecule has 0 spiro atoms. The summed E-state index contributed by atoms with van der Waals surface area (Å²) in [5.74, 6) is -0.242. The summed E-state index contributed by atoms with van der Waals surface area (Å²) in [6.45, 7) is 1.67. The molecule has 0 fully saturated rings. The molecule has 120 valence electrons. The lowest BCUT2D eigenvalue weighted by molar-refractivity contribution is -0.118. The van der Waals surface area contributed by atoms with Crippen LogP contribution in [0.25, 0.3) is 0 Å². The SMILES string of the molecule is COC(=O)c1ccc(OCC(=O)Nc2cccc(Cl)c2C)cc1. The van der Waals surface area contributed by atoms with Gasteiger partial charge in [0.05, 0.1) is 12.7 Å². The second-order valence-electron chi connectivity index (χ2n) is 4.77. The summed E-state index contributed by atoms with van der Waals surface area (Å²) in [5.41, 5.74) is 1.86. The molecule has 0 aliphatic carbocycles. The number of amides is 1. The lowest BCUT2D eigenvalue weighted by Crippen LogP contribution is -2.20. The molecule has 0 aromatic heterocycles. The maximum Gasteiger partial charge on any atom is 0.337 e. The topological polar surface area (TPSA) is 64.6 Å². The quantitative estimate of drug-likeness (QED) is 0.851. The Labute approximate surface area is 139 Å². The number of hydrogen-bond donors (Lipinski definition) is 1. The standard InChI is InChI=1S/C17H16ClNO4/c1-11-14(18)4-3-5-15(11)19-16(20)10-23-13-8-6-12(7-9-13)17(21)22-2/h3-9H,10H2,1-2H3,(H,19,20). The van der Waals surface area contributed by atoms with E-state index in [1.54, 1.807) is 42.5 Å². The van der Waals surface area contributed by atoms with Gasteiger partial charge >= 0.3 is 5.97 Å². The van der Waals surface area contributed by atoms with Gasteiger partial charge in [-0.25, -0.2) is 4.79 Å². The zero-order valence-electron chi connectivity index (χ0n) is 12.8. The van der Waals surface area contributed by atoms with Gasteiger partial charge in [-0.3, -0.25) is 4.79 Å².